The molecule has 2 heterocycles. The standard InChI is InChI=1S/C17H19F2N3O2/c18-17(19)7-9-22(16(23)15-6-8-20-21-15)10-14(17)12-24-11-13-4-2-1-3-5-13/h1-6,8,14H,7,9-12H2,(H,20,21). The number of amides is 1. The summed E-state index contributed by atoms with van der Waals surface area (Å²) in [5, 5.41) is 6.30. The number of benzene rings is 1. The molecule has 1 aliphatic rings. The van der Waals surface area contributed by atoms with E-state index in [1.54, 1.807) is 0 Å². The lowest BCUT2D eigenvalue weighted by atomic mass is 9.94. The van der Waals surface area contributed by atoms with Crippen molar-refractivity contribution in [1.82, 2.24) is 15.1 Å². The van der Waals surface area contributed by atoms with Crippen LogP contribution in [0, 0.1) is 5.92 Å². The van der Waals surface area contributed by atoms with Crippen LogP contribution in [-0.4, -0.2) is 46.6 Å². The van der Waals surface area contributed by atoms with Gasteiger partial charge in [0.15, 0.2) is 0 Å². The maximum atomic E-state index is 14.1. The van der Waals surface area contributed by atoms with E-state index in [2.05, 4.69) is 10.2 Å². The quantitative estimate of drug-likeness (QED) is 0.914. The number of likely N-dealkylation sites (tertiary alicyclic amines) is 1. The number of piperidine rings is 1. The van der Waals surface area contributed by atoms with E-state index >= 15 is 0 Å². The Kier molecular flexibility index (Phi) is 4.89. The lowest BCUT2D eigenvalue weighted by molar-refractivity contribution is -0.124. The van der Waals surface area contributed by atoms with Gasteiger partial charge in [0.1, 0.15) is 5.69 Å². The van der Waals surface area contributed by atoms with Gasteiger partial charge in [0.25, 0.3) is 11.8 Å². The van der Waals surface area contributed by atoms with Crippen LogP contribution in [0.3, 0.4) is 0 Å². The Morgan fingerprint density at radius 1 is 1.33 bits per heavy atom. The number of nitrogens with one attached hydrogen (secondary N) is 1. The highest BCUT2D eigenvalue weighted by molar-refractivity contribution is 5.92. The van der Waals surface area contributed by atoms with Gasteiger partial charge >= 0.3 is 0 Å². The summed E-state index contributed by atoms with van der Waals surface area (Å²) in [7, 11) is 0. The predicted octanol–water partition coefficient (Wildman–Crippen LogP) is 2.72. The van der Waals surface area contributed by atoms with Crippen LogP contribution in [0.1, 0.15) is 22.5 Å². The van der Waals surface area contributed by atoms with Crippen LogP contribution < -0.4 is 0 Å². The summed E-state index contributed by atoms with van der Waals surface area (Å²) in [5.41, 5.74) is 1.24. The van der Waals surface area contributed by atoms with E-state index in [4.69, 9.17) is 4.74 Å². The average Bonchev–Trinajstić information content (AvgIpc) is 3.11. The number of rotatable bonds is 5. The molecular weight excluding hydrogens is 316 g/mol. The number of hydrogen-bond acceptors (Lipinski definition) is 3. The minimum absolute atomic E-state index is 0.0278. The topological polar surface area (TPSA) is 58.2 Å². The summed E-state index contributed by atoms with van der Waals surface area (Å²) in [6.45, 7) is 0.191. The molecule has 1 unspecified atom stereocenters. The largest absolute Gasteiger partial charge is 0.376 e. The molecule has 2 aromatic rings. The second kappa shape index (κ2) is 7.09. The van der Waals surface area contributed by atoms with Crippen molar-refractivity contribution in [3.8, 4) is 0 Å². The van der Waals surface area contributed by atoms with Crippen LogP contribution in [0.15, 0.2) is 42.6 Å². The molecular formula is C17H19F2N3O2. The Balaban J connectivity index is 1.58. The fourth-order valence-corrected chi connectivity index (χ4v) is 2.78. The molecule has 1 fully saturated rings. The molecule has 1 atom stereocenters. The minimum atomic E-state index is -2.83. The first kappa shape index (κ1) is 16.6. The number of nitrogens with zero attached hydrogens (tertiary/aromatic N) is 2. The molecule has 1 N–H and O–H groups in total. The third-order valence-corrected chi connectivity index (χ3v) is 4.20. The van der Waals surface area contributed by atoms with Gasteiger partial charge in [-0.3, -0.25) is 9.89 Å². The Hall–Kier alpha value is -2.28. The van der Waals surface area contributed by atoms with Gasteiger partial charge < -0.3 is 9.64 Å². The second-order valence-electron chi connectivity index (χ2n) is 5.93. The molecule has 1 amide bonds. The van der Waals surface area contributed by atoms with E-state index < -0.39 is 11.8 Å². The monoisotopic (exact) mass is 335 g/mol. The Morgan fingerprint density at radius 2 is 2.12 bits per heavy atom. The van der Waals surface area contributed by atoms with E-state index in [0.717, 1.165) is 5.56 Å². The first-order valence-electron chi connectivity index (χ1n) is 7.84. The van der Waals surface area contributed by atoms with Crippen molar-refractivity contribution in [2.75, 3.05) is 19.7 Å². The molecule has 0 bridgehead atoms. The number of ether oxygens (including phenoxy) is 1. The lowest BCUT2D eigenvalue weighted by Gasteiger charge is -2.38. The molecule has 1 aromatic heterocycles. The molecule has 3 rings (SSSR count). The van der Waals surface area contributed by atoms with Crippen LogP contribution in [0.5, 0.6) is 0 Å². The third kappa shape index (κ3) is 3.79. The van der Waals surface area contributed by atoms with Crippen LogP contribution in [-0.2, 0) is 11.3 Å². The van der Waals surface area contributed by atoms with Gasteiger partial charge in [-0.15, -0.1) is 0 Å². The van der Waals surface area contributed by atoms with Crippen molar-refractivity contribution >= 4 is 5.91 Å². The van der Waals surface area contributed by atoms with Gasteiger partial charge in [-0.1, -0.05) is 30.3 Å². The van der Waals surface area contributed by atoms with Gasteiger partial charge in [-0.2, -0.15) is 5.10 Å². The summed E-state index contributed by atoms with van der Waals surface area (Å²) in [4.78, 5) is 13.7. The maximum absolute atomic E-state index is 14.1. The molecule has 0 radical (unpaired) electrons. The van der Waals surface area contributed by atoms with Gasteiger partial charge in [0.05, 0.1) is 19.1 Å². The number of aromatic nitrogens is 2. The van der Waals surface area contributed by atoms with Crippen LogP contribution >= 0.6 is 0 Å². The van der Waals surface area contributed by atoms with Gasteiger partial charge in [-0.05, 0) is 11.6 Å². The van der Waals surface area contributed by atoms with Crippen molar-refractivity contribution in [2.45, 2.75) is 19.0 Å². The molecule has 0 saturated carbocycles. The SMILES string of the molecule is O=C(c1ccn[nH]1)N1CCC(F)(F)C(COCc2ccccc2)C1. The second-order valence-corrected chi connectivity index (χ2v) is 5.93. The predicted molar refractivity (Wildman–Crippen MR) is 83.6 cm³/mol. The number of H-pyrrole nitrogens is 1. The Morgan fingerprint density at radius 3 is 2.83 bits per heavy atom. The maximum Gasteiger partial charge on any atom is 0.271 e. The van der Waals surface area contributed by atoms with E-state index in [0.29, 0.717) is 5.69 Å². The third-order valence-electron chi connectivity index (χ3n) is 4.20. The summed E-state index contributed by atoms with van der Waals surface area (Å²) in [6, 6.07) is 10.9. The number of alkyl halides is 2. The van der Waals surface area contributed by atoms with Crippen molar-refractivity contribution in [2.24, 2.45) is 5.92 Å². The van der Waals surface area contributed by atoms with Gasteiger partial charge in [-0.25, -0.2) is 8.78 Å². The number of carbonyl (C=O) groups excluding carboxylic acids is 1. The summed E-state index contributed by atoms with van der Waals surface area (Å²) < 4.78 is 33.7. The highest BCUT2D eigenvalue weighted by Crippen LogP contribution is 2.34. The molecule has 5 nitrogen and oxygen atoms in total. The van der Waals surface area contributed by atoms with Crippen LogP contribution in [0.2, 0.25) is 0 Å². The number of halogens is 2. The summed E-state index contributed by atoms with van der Waals surface area (Å²) in [6.07, 6.45) is 1.11. The fraction of sp³-hybridized carbons (Fsp3) is 0.412. The molecule has 7 heteroatoms. The summed E-state index contributed by atoms with van der Waals surface area (Å²) in [5.74, 6) is -4.15. The van der Waals surface area contributed by atoms with Crippen molar-refractivity contribution in [3.63, 3.8) is 0 Å². The van der Waals surface area contributed by atoms with E-state index in [1.165, 1.54) is 17.2 Å². The first-order valence-corrected chi connectivity index (χ1v) is 7.84. The smallest absolute Gasteiger partial charge is 0.271 e. The van der Waals surface area contributed by atoms with Crippen molar-refractivity contribution in [1.29, 1.82) is 0 Å². The van der Waals surface area contributed by atoms with Crippen LogP contribution in [0.25, 0.3) is 0 Å². The molecule has 0 spiro atoms. The first-order chi connectivity index (χ1) is 11.6. The average molecular weight is 335 g/mol. The zero-order valence-corrected chi connectivity index (χ0v) is 13.1. The van der Waals surface area contributed by atoms with Crippen LogP contribution in [0.4, 0.5) is 8.78 Å². The van der Waals surface area contributed by atoms with E-state index in [1.807, 2.05) is 30.3 Å². The number of aromatic amines is 1. The molecule has 1 saturated heterocycles. The fourth-order valence-electron chi connectivity index (χ4n) is 2.78. The van der Waals surface area contributed by atoms with E-state index in [9.17, 15) is 13.6 Å². The molecule has 1 aromatic carbocycles. The molecule has 1 aliphatic heterocycles. The van der Waals surface area contributed by atoms with Gasteiger partial charge in [0.2, 0.25) is 0 Å². The number of hydrogen-bond donors (Lipinski definition) is 1. The highest BCUT2D eigenvalue weighted by Gasteiger charge is 2.45. The normalized spacial score (nSPS) is 20.1. The highest BCUT2D eigenvalue weighted by atomic mass is 19.3. The summed E-state index contributed by atoms with van der Waals surface area (Å²) >= 11 is 0. The lowest BCUT2D eigenvalue weighted by Crippen LogP contribution is -2.50. The van der Waals surface area contributed by atoms with E-state index in [-0.39, 0.29) is 38.6 Å². The molecule has 24 heavy (non-hydrogen) atoms. The minimum Gasteiger partial charge on any atom is -0.376 e. The van der Waals surface area contributed by atoms with Crippen molar-refractivity contribution < 1.29 is 18.3 Å². The molecule has 128 valence electrons. The van der Waals surface area contributed by atoms with Gasteiger partial charge in [0, 0.05) is 25.7 Å². The van der Waals surface area contributed by atoms with Crippen molar-refractivity contribution in [3.05, 3.63) is 53.9 Å². The number of carbonyl (C=O) groups is 1. The zero-order chi connectivity index (χ0) is 17.0. The Bertz CT molecular complexity index is 662. The zero-order valence-electron chi connectivity index (χ0n) is 13.1. The molecule has 0 aliphatic carbocycles. The Labute approximate surface area is 138 Å².